The monoisotopic (exact) mass is 587 g/mol. The van der Waals surface area contributed by atoms with Gasteiger partial charge in [-0.15, -0.1) is 0 Å². The number of carboxylic acid groups (broad SMARTS) is 2. The molecule has 0 radical (unpaired) electrons. The second kappa shape index (κ2) is 14.6. The van der Waals surface area contributed by atoms with Gasteiger partial charge in [0, 0.05) is 57.1 Å². The standard InChI is InChI=1S/C20H29N3O3.2C2HF3O2/c24-19(18-4-2-11-26-18)23-8-5-20(6-9-23)15-22(10-12-25-16-20)14-17-3-1-7-21-13-17;2*3-2(4,5)1(6)7/h1,3,7,13,18H,2,4-6,8-12,14-16H2;2*(H,6,7). The van der Waals surface area contributed by atoms with Crippen LogP contribution < -0.4 is 0 Å². The maximum atomic E-state index is 12.6. The lowest BCUT2D eigenvalue weighted by Gasteiger charge is -2.43. The van der Waals surface area contributed by atoms with Crippen molar-refractivity contribution in [2.75, 3.05) is 46.0 Å². The Labute approximate surface area is 225 Å². The van der Waals surface area contributed by atoms with Gasteiger partial charge in [0.1, 0.15) is 6.10 Å². The fourth-order valence-corrected chi connectivity index (χ4v) is 4.45. The number of carboxylic acids is 2. The van der Waals surface area contributed by atoms with E-state index in [1.807, 2.05) is 23.4 Å². The quantitative estimate of drug-likeness (QED) is 0.513. The number of amides is 1. The van der Waals surface area contributed by atoms with E-state index in [9.17, 15) is 31.1 Å². The topological polar surface area (TPSA) is 130 Å². The fourth-order valence-electron chi connectivity index (χ4n) is 4.45. The number of likely N-dealkylation sites (tertiary alicyclic amines) is 1. The Morgan fingerprint density at radius 1 is 1.00 bits per heavy atom. The third-order valence-electron chi connectivity index (χ3n) is 6.47. The summed E-state index contributed by atoms with van der Waals surface area (Å²) < 4.78 is 75.0. The van der Waals surface area contributed by atoms with Crippen LogP contribution in [0.5, 0.6) is 0 Å². The summed E-state index contributed by atoms with van der Waals surface area (Å²) in [5.74, 6) is -5.32. The van der Waals surface area contributed by atoms with Crippen LogP contribution >= 0.6 is 0 Å². The predicted octanol–water partition coefficient (Wildman–Crippen LogP) is 2.97. The number of rotatable bonds is 3. The summed E-state index contributed by atoms with van der Waals surface area (Å²) in [5, 5.41) is 14.2. The number of aromatic nitrogens is 1. The number of pyridine rings is 1. The molecular formula is C24H31F6N3O7. The van der Waals surface area contributed by atoms with Gasteiger partial charge in [-0.3, -0.25) is 14.7 Å². The maximum Gasteiger partial charge on any atom is 0.490 e. The average molecular weight is 588 g/mol. The van der Waals surface area contributed by atoms with Crippen LogP contribution in [0.15, 0.2) is 24.5 Å². The number of alkyl halides is 6. The van der Waals surface area contributed by atoms with E-state index in [2.05, 4.69) is 16.0 Å². The van der Waals surface area contributed by atoms with Crippen molar-refractivity contribution in [2.45, 2.75) is 50.7 Å². The number of halogens is 6. The van der Waals surface area contributed by atoms with Crippen molar-refractivity contribution in [3.63, 3.8) is 0 Å². The molecule has 0 aliphatic carbocycles. The minimum atomic E-state index is -5.08. The van der Waals surface area contributed by atoms with Crippen LogP contribution in [0, 0.1) is 5.41 Å². The molecule has 2 N–H and O–H groups in total. The highest BCUT2D eigenvalue weighted by Gasteiger charge is 2.41. The van der Waals surface area contributed by atoms with Crippen molar-refractivity contribution in [2.24, 2.45) is 5.41 Å². The highest BCUT2D eigenvalue weighted by atomic mass is 19.4. The molecule has 1 aromatic heterocycles. The molecule has 1 unspecified atom stereocenters. The molecule has 40 heavy (non-hydrogen) atoms. The lowest BCUT2D eigenvalue weighted by molar-refractivity contribution is -0.193. The van der Waals surface area contributed by atoms with E-state index in [1.165, 1.54) is 5.56 Å². The number of carbonyl (C=O) groups is 3. The maximum absolute atomic E-state index is 12.6. The van der Waals surface area contributed by atoms with Crippen LogP contribution in [0.2, 0.25) is 0 Å². The second-order valence-electron chi connectivity index (χ2n) is 9.56. The normalized spacial score (nSPS) is 21.4. The SMILES string of the molecule is O=C(C1CCCO1)N1CCC2(CC1)COCCN(Cc1cccnc1)C2.O=C(O)C(F)(F)F.O=C(O)C(F)(F)F. The molecule has 4 heterocycles. The van der Waals surface area contributed by atoms with Crippen molar-refractivity contribution < 1.29 is 60.4 Å². The highest BCUT2D eigenvalue weighted by molar-refractivity contribution is 5.81. The zero-order valence-corrected chi connectivity index (χ0v) is 21.4. The van der Waals surface area contributed by atoms with Gasteiger partial charge in [-0.2, -0.15) is 26.3 Å². The highest BCUT2D eigenvalue weighted by Crippen LogP contribution is 2.35. The number of hydrogen-bond acceptors (Lipinski definition) is 7. The first-order valence-electron chi connectivity index (χ1n) is 12.3. The van der Waals surface area contributed by atoms with Crippen molar-refractivity contribution >= 4 is 17.8 Å². The fraction of sp³-hybridized carbons (Fsp3) is 0.667. The minimum absolute atomic E-state index is 0.159. The van der Waals surface area contributed by atoms with E-state index >= 15 is 0 Å². The van der Waals surface area contributed by atoms with Crippen LogP contribution in [0.3, 0.4) is 0 Å². The van der Waals surface area contributed by atoms with Gasteiger partial charge in [0.05, 0.1) is 13.2 Å². The van der Waals surface area contributed by atoms with Crippen molar-refractivity contribution in [3.8, 4) is 0 Å². The van der Waals surface area contributed by atoms with Crippen LogP contribution in [-0.2, 0) is 30.4 Å². The summed E-state index contributed by atoms with van der Waals surface area (Å²) in [6.45, 7) is 6.85. The van der Waals surface area contributed by atoms with Gasteiger partial charge in [0.25, 0.3) is 5.91 Å². The van der Waals surface area contributed by atoms with Gasteiger partial charge in [0.15, 0.2) is 0 Å². The number of ether oxygens (including phenoxy) is 2. The van der Waals surface area contributed by atoms with Gasteiger partial charge < -0.3 is 24.6 Å². The molecule has 226 valence electrons. The Bertz CT molecular complexity index is 940. The molecule has 1 aromatic rings. The van der Waals surface area contributed by atoms with E-state index < -0.39 is 24.3 Å². The third-order valence-corrected chi connectivity index (χ3v) is 6.47. The van der Waals surface area contributed by atoms with E-state index in [-0.39, 0.29) is 17.4 Å². The van der Waals surface area contributed by atoms with Gasteiger partial charge >= 0.3 is 24.3 Å². The van der Waals surface area contributed by atoms with Gasteiger partial charge in [-0.25, -0.2) is 9.59 Å². The van der Waals surface area contributed by atoms with Crippen molar-refractivity contribution in [3.05, 3.63) is 30.1 Å². The number of hydrogen-bond donors (Lipinski definition) is 2. The van der Waals surface area contributed by atoms with Crippen LogP contribution in [0.1, 0.15) is 31.2 Å². The molecule has 1 spiro atoms. The molecule has 1 amide bonds. The van der Waals surface area contributed by atoms with Crippen LogP contribution in [0.4, 0.5) is 26.3 Å². The molecule has 3 fully saturated rings. The largest absolute Gasteiger partial charge is 0.490 e. The lowest BCUT2D eigenvalue weighted by Crippen LogP contribution is -2.50. The summed E-state index contributed by atoms with van der Waals surface area (Å²) in [6.07, 6.45) is -2.70. The Morgan fingerprint density at radius 2 is 1.60 bits per heavy atom. The van der Waals surface area contributed by atoms with Gasteiger partial charge in [-0.1, -0.05) is 6.07 Å². The van der Waals surface area contributed by atoms with E-state index in [0.717, 1.165) is 78.2 Å². The molecule has 16 heteroatoms. The Balaban J connectivity index is 0.000000333. The summed E-state index contributed by atoms with van der Waals surface area (Å²) in [7, 11) is 0. The second-order valence-corrected chi connectivity index (χ2v) is 9.56. The smallest absolute Gasteiger partial charge is 0.475 e. The molecule has 3 saturated heterocycles. The molecule has 0 aromatic carbocycles. The average Bonchev–Trinajstić information content (AvgIpc) is 3.35. The van der Waals surface area contributed by atoms with E-state index in [0.29, 0.717) is 0 Å². The zero-order chi connectivity index (χ0) is 30.0. The Kier molecular flexibility index (Phi) is 12.1. The molecule has 0 bridgehead atoms. The van der Waals surface area contributed by atoms with Gasteiger partial charge in [-0.05, 0) is 37.3 Å². The molecule has 3 aliphatic heterocycles. The summed E-state index contributed by atoms with van der Waals surface area (Å²) >= 11 is 0. The van der Waals surface area contributed by atoms with Gasteiger partial charge in [0.2, 0.25) is 0 Å². The lowest BCUT2D eigenvalue weighted by atomic mass is 9.78. The first-order valence-corrected chi connectivity index (χ1v) is 12.3. The summed E-state index contributed by atoms with van der Waals surface area (Å²) in [4.78, 5) is 39.1. The molecular weight excluding hydrogens is 556 g/mol. The molecule has 4 rings (SSSR count). The number of carbonyl (C=O) groups excluding carboxylic acids is 1. The van der Waals surface area contributed by atoms with E-state index in [4.69, 9.17) is 29.3 Å². The number of piperidine rings is 1. The Hall–Kier alpha value is -2.98. The molecule has 10 nitrogen and oxygen atoms in total. The third kappa shape index (κ3) is 10.9. The van der Waals surface area contributed by atoms with Crippen molar-refractivity contribution in [1.29, 1.82) is 0 Å². The number of nitrogens with zero attached hydrogens (tertiary/aromatic N) is 3. The van der Waals surface area contributed by atoms with Crippen LogP contribution in [-0.4, -0.2) is 107 Å². The van der Waals surface area contributed by atoms with Crippen molar-refractivity contribution in [1.82, 2.24) is 14.8 Å². The summed E-state index contributed by atoms with van der Waals surface area (Å²) in [5.41, 5.74) is 1.40. The predicted molar refractivity (Wildman–Crippen MR) is 125 cm³/mol. The molecule has 3 aliphatic rings. The molecule has 0 saturated carbocycles. The first kappa shape index (κ1) is 33.2. The summed E-state index contributed by atoms with van der Waals surface area (Å²) in [6, 6.07) is 4.13. The van der Waals surface area contributed by atoms with E-state index in [1.54, 1.807) is 0 Å². The number of aliphatic carboxylic acids is 2. The Morgan fingerprint density at radius 3 is 2.08 bits per heavy atom. The van der Waals surface area contributed by atoms with Crippen LogP contribution in [0.25, 0.3) is 0 Å². The molecule has 1 atom stereocenters. The first-order chi connectivity index (χ1) is 18.6. The minimum Gasteiger partial charge on any atom is -0.475 e. The zero-order valence-electron chi connectivity index (χ0n) is 21.4.